The summed E-state index contributed by atoms with van der Waals surface area (Å²) in [5, 5.41) is 0. The second-order valence-corrected chi connectivity index (χ2v) is 23.4. The van der Waals surface area contributed by atoms with Crippen LogP contribution in [-0.4, -0.2) is 37.2 Å². The summed E-state index contributed by atoms with van der Waals surface area (Å²) in [5.74, 6) is -0.858. The first kappa shape index (κ1) is 74.6. The van der Waals surface area contributed by atoms with Crippen LogP contribution >= 0.6 is 0 Å². The van der Waals surface area contributed by atoms with E-state index in [0.29, 0.717) is 19.3 Å². The molecule has 0 rings (SSSR count). The Hall–Kier alpha value is -2.37. The van der Waals surface area contributed by atoms with Gasteiger partial charge >= 0.3 is 17.9 Å². The van der Waals surface area contributed by atoms with Gasteiger partial charge in [0, 0.05) is 19.3 Å². The molecule has 0 bridgehead atoms. The molecule has 0 aromatic heterocycles. The number of carbonyl (C=O) groups excluding carboxylic acids is 3. The fraction of sp³-hybridized carbons (Fsp3) is 0.873. The Balaban J connectivity index is 4.22. The molecule has 0 radical (unpaired) electrons. The maximum absolute atomic E-state index is 12.9. The van der Waals surface area contributed by atoms with Crippen LogP contribution in [0.2, 0.25) is 0 Å². The fourth-order valence-electron chi connectivity index (χ4n) is 10.4. The summed E-state index contributed by atoms with van der Waals surface area (Å²) >= 11 is 0. The molecule has 0 aromatic rings. The number of unbranched alkanes of at least 4 members (excludes halogenated alkanes) is 47. The second-order valence-electron chi connectivity index (χ2n) is 23.4. The van der Waals surface area contributed by atoms with E-state index in [4.69, 9.17) is 14.2 Å². The minimum atomic E-state index is -0.775. The molecule has 0 saturated carbocycles. The minimum absolute atomic E-state index is 0.0715. The van der Waals surface area contributed by atoms with Gasteiger partial charge < -0.3 is 14.2 Å². The van der Waals surface area contributed by atoms with E-state index in [-0.39, 0.29) is 31.1 Å². The van der Waals surface area contributed by atoms with Crippen LogP contribution in [0.3, 0.4) is 0 Å². The summed E-state index contributed by atoms with van der Waals surface area (Å²) in [4.78, 5) is 38.4. The fourth-order valence-corrected chi connectivity index (χ4v) is 10.4. The van der Waals surface area contributed by atoms with Crippen molar-refractivity contribution in [3.63, 3.8) is 0 Å². The molecule has 0 spiro atoms. The van der Waals surface area contributed by atoms with Gasteiger partial charge in [0.25, 0.3) is 0 Å². The molecule has 6 nitrogen and oxygen atoms in total. The number of hydrogen-bond donors (Lipinski definition) is 0. The Bertz CT molecular complexity index is 1290. The highest BCUT2D eigenvalue weighted by Gasteiger charge is 2.19. The minimum Gasteiger partial charge on any atom is -0.462 e. The lowest BCUT2D eigenvalue weighted by Gasteiger charge is -2.18. The second kappa shape index (κ2) is 66.1. The van der Waals surface area contributed by atoms with Gasteiger partial charge in [0.2, 0.25) is 0 Å². The van der Waals surface area contributed by atoms with Gasteiger partial charge in [-0.25, -0.2) is 0 Å². The third-order valence-electron chi connectivity index (χ3n) is 15.6. The SMILES string of the molecule is CCCC/C=C\C/C=C\CCCCCCCC(=O)OCC(COC(=O)CCCCCCCCCCCCCCCCC/C=C\CCCCCCCCCC)OC(=O)CCCCCCCCCCCCCCCCCCCC. The van der Waals surface area contributed by atoms with Crippen molar-refractivity contribution in [2.45, 2.75) is 386 Å². The molecule has 1 atom stereocenters. The number of esters is 3. The average Bonchev–Trinajstić information content (AvgIpc) is 3.43. The number of rotatable bonds is 64. The normalized spacial score (nSPS) is 12.2. The summed E-state index contributed by atoms with van der Waals surface area (Å²) < 4.78 is 17.0. The lowest BCUT2D eigenvalue weighted by atomic mass is 10.0. The predicted octanol–water partition coefficient (Wildman–Crippen LogP) is 23.6. The van der Waals surface area contributed by atoms with Gasteiger partial charge in [-0.3, -0.25) is 14.4 Å². The van der Waals surface area contributed by atoms with Crippen molar-refractivity contribution >= 4 is 17.9 Å². The van der Waals surface area contributed by atoms with Crippen LogP contribution in [0.1, 0.15) is 380 Å². The molecule has 1 unspecified atom stereocenters. The van der Waals surface area contributed by atoms with Gasteiger partial charge in [-0.2, -0.15) is 0 Å². The van der Waals surface area contributed by atoms with E-state index in [1.54, 1.807) is 0 Å². The van der Waals surface area contributed by atoms with E-state index in [0.717, 1.165) is 77.0 Å². The zero-order valence-electron chi connectivity index (χ0n) is 52.0. The Kier molecular flexibility index (Phi) is 64.1. The summed E-state index contributed by atoms with van der Waals surface area (Å²) in [6.45, 7) is 6.66. The van der Waals surface area contributed by atoms with E-state index in [1.165, 1.54) is 263 Å². The van der Waals surface area contributed by atoms with Crippen molar-refractivity contribution in [1.82, 2.24) is 0 Å². The van der Waals surface area contributed by atoms with Crippen molar-refractivity contribution in [1.29, 1.82) is 0 Å². The van der Waals surface area contributed by atoms with Crippen LogP contribution in [0, 0.1) is 0 Å². The quantitative estimate of drug-likeness (QED) is 0.0261. The Morgan fingerprint density at radius 1 is 0.260 bits per heavy atom. The van der Waals surface area contributed by atoms with Crippen LogP contribution in [0.5, 0.6) is 0 Å². The summed E-state index contributed by atoms with van der Waals surface area (Å²) in [7, 11) is 0. The standard InChI is InChI=1S/C71H132O6/c1-4-7-10-13-16-19-22-25-28-30-32-33-34-35-36-37-38-39-40-42-43-46-49-52-55-58-61-64-70(73)76-67-68(66-75-69(72)63-60-57-54-51-48-45-27-24-21-18-15-12-9-6-3)77-71(74)65-62-59-56-53-50-47-44-41-31-29-26-23-20-17-14-11-8-5-2/h15,18,24,27,30,32,68H,4-14,16-17,19-23,25-26,28-29,31,33-67H2,1-3H3/b18-15-,27-24-,32-30-. The number of ether oxygens (including phenoxy) is 3. The molecule has 0 N–H and O–H groups in total. The molecule has 0 fully saturated rings. The first-order valence-corrected chi connectivity index (χ1v) is 34.5. The third kappa shape index (κ3) is 64.3. The Morgan fingerprint density at radius 2 is 0.481 bits per heavy atom. The number of allylic oxidation sites excluding steroid dienone is 6. The molecule has 0 aliphatic rings. The Labute approximate surface area is 480 Å². The van der Waals surface area contributed by atoms with Crippen LogP contribution in [0.15, 0.2) is 36.5 Å². The van der Waals surface area contributed by atoms with E-state index < -0.39 is 6.10 Å². The van der Waals surface area contributed by atoms with Crippen LogP contribution in [0.4, 0.5) is 0 Å². The largest absolute Gasteiger partial charge is 0.462 e. The molecule has 0 amide bonds. The lowest BCUT2D eigenvalue weighted by Crippen LogP contribution is -2.30. The van der Waals surface area contributed by atoms with Crippen LogP contribution < -0.4 is 0 Å². The third-order valence-corrected chi connectivity index (χ3v) is 15.6. The first-order chi connectivity index (χ1) is 38.0. The van der Waals surface area contributed by atoms with Crippen molar-refractivity contribution in [2.75, 3.05) is 13.2 Å². The first-order valence-electron chi connectivity index (χ1n) is 34.5. The maximum Gasteiger partial charge on any atom is 0.306 e. The molecule has 6 heteroatoms. The maximum atomic E-state index is 12.9. The molecule has 0 heterocycles. The van der Waals surface area contributed by atoms with Crippen LogP contribution in [0.25, 0.3) is 0 Å². The molecular formula is C71H132O6. The molecule has 0 aliphatic heterocycles. The molecule has 77 heavy (non-hydrogen) atoms. The van der Waals surface area contributed by atoms with Gasteiger partial charge in [-0.15, -0.1) is 0 Å². The van der Waals surface area contributed by atoms with Crippen molar-refractivity contribution in [2.24, 2.45) is 0 Å². The van der Waals surface area contributed by atoms with Crippen molar-refractivity contribution < 1.29 is 28.6 Å². The van der Waals surface area contributed by atoms with Gasteiger partial charge in [-0.1, -0.05) is 327 Å². The van der Waals surface area contributed by atoms with E-state index in [1.807, 2.05) is 0 Å². The van der Waals surface area contributed by atoms with Gasteiger partial charge in [0.05, 0.1) is 0 Å². The topological polar surface area (TPSA) is 78.9 Å². The summed E-state index contributed by atoms with van der Waals surface area (Å²) in [6, 6.07) is 0. The number of carbonyl (C=O) groups is 3. The molecular weight excluding hydrogens is 949 g/mol. The summed E-state index contributed by atoms with van der Waals surface area (Å²) in [6.07, 6.45) is 81.7. The van der Waals surface area contributed by atoms with Gasteiger partial charge in [0.15, 0.2) is 6.10 Å². The monoisotopic (exact) mass is 1080 g/mol. The highest BCUT2D eigenvalue weighted by Crippen LogP contribution is 2.18. The smallest absolute Gasteiger partial charge is 0.306 e. The molecule has 0 saturated heterocycles. The lowest BCUT2D eigenvalue weighted by molar-refractivity contribution is -0.167. The van der Waals surface area contributed by atoms with Crippen molar-refractivity contribution in [3.8, 4) is 0 Å². The Morgan fingerprint density at radius 3 is 0.766 bits per heavy atom. The van der Waals surface area contributed by atoms with E-state index in [2.05, 4.69) is 57.2 Å². The highest BCUT2D eigenvalue weighted by molar-refractivity contribution is 5.71. The number of hydrogen-bond acceptors (Lipinski definition) is 6. The van der Waals surface area contributed by atoms with Gasteiger partial charge in [0.1, 0.15) is 13.2 Å². The molecule has 452 valence electrons. The van der Waals surface area contributed by atoms with Gasteiger partial charge in [-0.05, 0) is 70.6 Å². The molecule has 0 aliphatic carbocycles. The van der Waals surface area contributed by atoms with Crippen LogP contribution in [-0.2, 0) is 28.6 Å². The highest BCUT2D eigenvalue weighted by atomic mass is 16.6. The molecule has 0 aromatic carbocycles. The van der Waals surface area contributed by atoms with E-state index >= 15 is 0 Å². The van der Waals surface area contributed by atoms with Crippen molar-refractivity contribution in [3.05, 3.63) is 36.5 Å². The zero-order valence-corrected chi connectivity index (χ0v) is 52.0. The average molecular weight is 1080 g/mol. The summed E-state index contributed by atoms with van der Waals surface area (Å²) in [5.41, 5.74) is 0. The predicted molar refractivity (Wildman–Crippen MR) is 335 cm³/mol. The zero-order chi connectivity index (χ0) is 55.7. The van der Waals surface area contributed by atoms with E-state index in [9.17, 15) is 14.4 Å².